The van der Waals surface area contributed by atoms with Crippen LogP contribution in [0.15, 0.2) is 16.9 Å². The Kier molecular flexibility index (Phi) is 3.00. The summed E-state index contributed by atoms with van der Waals surface area (Å²) in [5.74, 6) is 1.07. The van der Waals surface area contributed by atoms with E-state index < -0.39 is 0 Å². The van der Waals surface area contributed by atoms with Crippen molar-refractivity contribution in [2.75, 3.05) is 18.0 Å². The zero-order valence-electron chi connectivity index (χ0n) is 11.6. The maximum atomic E-state index is 5.33. The summed E-state index contributed by atoms with van der Waals surface area (Å²) in [4.78, 5) is 6.58. The van der Waals surface area contributed by atoms with Crippen molar-refractivity contribution in [3.63, 3.8) is 0 Å². The molecule has 3 rings (SSSR count). The molecule has 0 bridgehead atoms. The lowest BCUT2D eigenvalue weighted by atomic mass is 10.2. The number of nitrogens with zero attached hydrogens (tertiary/aromatic N) is 5. The molecule has 6 nitrogen and oxygen atoms in total. The fourth-order valence-corrected chi connectivity index (χ4v) is 2.35. The zero-order chi connectivity index (χ0) is 13.4. The Labute approximate surface area is 112 Å². The van der Waals surface area contributed by atoms with Crippen LogP contribution in [0.4, 0.5) is 6.01 Å². The van der Waals surface area contributed by atoms with Crippen LogP contribution >= 0.6 is 0 Å². The van der Waals surface area contributed by atoms with Gasteiger partial charge in [0.2, 0.25) is 0 Å². The van der Waals surface area contributed by atoms with Gasteiger partial charge in [-0.15, -0.1) is 0 Å². The summed E-state index contributed by atoms with van der Waals surface area (Å²) in [6.45, 7) is 8.00. The van der Waals surface area contributed by atoms with E-state index in [4.69, 9.17) is 4.52 Å². The molecule has 1 aliphatic rings. The summed E-state index contributed by atoms with van der Waals surface area (Å²) in [5.41, 5.74) is 1.19. The third kappa shape index (κ3) is 2.34. The van der Waals surface area contributed by atoms with Gasteiger partial charge < -0.3 is 9.42 Å². The molecule has 102 valence electrons. The molecule has 0 N–H and O–H groups in total. The predicted octanol–water partition coefficient (Wildman–Crippen LogP) is 2.15. The topological polar surface area (TPSA) is 60.0 Å². The summed E-state index contributed by atoms with van der Waals surface area (Å²) >= 11 is 0. The number of hydrogen-bond acceptors (Lipinski definition) is 5. The van der Waals surface area contributed by atoms with Crippen LogP contribution < -0.4 is 4.90 Å². The molecule has 1 aliphatic heterocycles. The zero-order valence-corrected chi connectivity index (χ0v) is 11.6. The lowest BCUT2D eigenvalue weighted by molar-refractivity contribution is 0.405. The molecule has 6 heteroatoms. The number of aryl methyl sites for hydroxylation is 1. The van der Waals surface area contributed by atoms with Gasteiger partial charge in [0.05, 0.1) is 12.2 Å². The Bertz CT molecular complexity index is 559. The van der Waals surface area contributed by atoms with E-state index in [1.165, 1.54) is 5.56 Å². The van der Waals surface area contributed by atoms with Crippen LogP contribution in [-0.4, -0.2) is 33.0 Å². The molecule has 1 atom stereocenters. The lowest BCUT2D eigenvalue weighted by Crippen LogP contribution is -2.21. The molecule has 3 heterocycles. The Morgan fingerprint density at radius 3 is 2.89 bits per heavy atom. The molecule has 1 saturated heterocycles. The lowest BCUT2D eigenvalue weighted by Gasteiger charge is -2.13. The van der Waals surface area contributed by atoms with Crippen LogP contribution in [0, 0.1) is 6.92 Å². The quantitative estimate of drug-likeness (QED) is 0.847. The highest BCUT2D eigenvalue weighted by Crippen LogP contribution is 2.26. The highest BCUT2D eigenvalue weighted by Gasteiger charge is 2.28. The van der Waals surface area contributed by atoms with Crippen LogP contribution in [0.1, 0.15) is 43.6 Å². The van der Waals surface area contributed by atoms with E-state index in [2.05, 4.69) is 47.1 Å². The van der Waals surface area contributed by atoms with Crippen molar-refractivity contribution >= 4 is 6.01 Å². The Morgan fingerprint density at radius 2 is 2.26 bits per heavy atom. The average Bonchev–Trinajstić information content (AvgIpc) is 3.07. The summed E-state index contributed by atoms with van der Waals surface area (Å²) in [6.07, 6.45) is 5.04. The fourth-order valence-electron chi connectivity index (χ4n) is 2.35. The predicted molar refractivity (Wildman–Crippen MR) is 71.2 cm³/mol. The van der Waals surface area contributed by atoms with Gasteiger partial charge in [-0.1, -0.05) is 19.0 Å². The third-order valence-electron chi connectivity index (χ3n) is 3.49. The molecule has 2 aromatic heterocycles. The van der Waals surface area contributed by atoms with Crippen LogP contribution in [0.2, 0.25) is 0 Å². The van der Waals surface area contributed by atoms with Gasteiger partial charge in [-0.25, -0.2) is 0 Å². The molecule has 2 aromatic rings. The van der Waals surface area contributed by atoms with Crippen molar-refractivity contribution in [3.8, 4) is 0 Å². The number of hydrogen-bond donors (Lipinski definition) is 0. The summed E-state index contributed by atoms with van der Waals surface area (Å²) < 4.78 is 7.37. The summed E-state index contributed by atoms with van der Waals surface area (Å²) in [6, 6.07) is 1.03. The van der Waals surface area contributed by atoms with E-state index in [1.807, 2.05) is 10.9 Å². The molecule has 0 saturated carbocycles. The highest BCUT2D eigenvalue weighted by molar-refractivity contribution is 5.28. The van der Waals surface area contributed by atoms with Gasteiger partial charge in [0.25, 0.3) is 0 Å². The van der Waals surface area contributed by atoms with Crippen LogP contribution in [0.25, 0.3) is 0 Å². The van der Waals surface area contributed by atoms with Crippen LogP contribution in [-0.2, 0) is 0 Å². The van der Waals surface area contributed by atoms with E-state index in [1.54, 1.807) is 0 Å². The summed E-state index contributed by atoms with van der Waals surface area (Å²) in [7, 11) is 0. The maximum absolute atomic E-state index is 5.33. The van der Waals surface area contributed by atoms with Crippen molar-refractivity contribution in [1.29, 1.82) is 0 Å². The van der Waals surface area contributed by atoms with Crippen LogP contribution in [0.3, 0.4) is 0 Å². The molecule has 19 heavy (non-hydrogen) atoms. The van der Waals surface area contributed by atoms with Crippen molar-refractivity contribution < 1.29 is 4.52 Å². The van der Waals surface area contributed by atoms with E-state index >= 15 is 0 Å². The standard InChI is InChI=1S/C13H19N5O/c1-9(2)12-15-13(19-16-12)17-5-4-11(8-17)18-7-10(3)6-14-18/h6-7,9,11H,4-5,8H2,1-3H3. The molecule has 1 fully saturated rings. The van der Waals surface area contributed by atoms with E-state index in [0.717, 1.165) is 25.3 Å². The van der Waals surface area contributed by atoms with Gasteiger partial charge in [-0.05, 0) is 18.9 Å². The van der Waals surface area contributed by atoms with Crippen molar-refractivity contribution in [1.82, 2.24) is 19.9 Å². The van der Waals surface area contributed by atoms with Gasteiger partial charge >= 0.3 is 6.01 Å². The number of anilines is 1. The van der Waals surface area contributed by atoms with Crippen LogP contribution in [0.5, 0.6) is 0 Å². The second-order valence-electron chi connectivity index (χ2n) is 5.48. The Balaban J connectivity index is 1.71. The highest BCUT2D eigenvalue weighted by atomic mass is 16.5. The minimum absolute atomic E-state index is 0.296. The number of rotatable bonds is 3. The normalized spacial score (nSPS) is 19.6. The molecule has 0 aromatic carbocycles. The smallest absolute Gasteiger partial charge is 0.322 e. The Morgan fingerprint density at radius 1 is 1.42 bits per heavy atom. The molecule has 0 spiro atoms. The minimum Gasteiger partial charge on any atom is -0.322 e. The van der Waals surface area contributed by atoms with Gasteiger partial charge in [-0.3, -0.25) is 4.68 Å². The van der Waals surface area contributed by atoms with Crippen molar-refractivity contribution in [2.45, 2.75) is 39.2 Å². The Hall–Kier alpha value is -1.85. The largest absolute Gasteiger partial charge is 0.324 e. The molecule has 0 aliphatic carbocycles. The van der Waals surface area contributed by atoms with E-state index in [9.17, 15) is 0 Å². The first-order chi connectivity index (χ1) is 9.13. The van der Waals surface area contributed by atoms with Crippen molar-refractivity contribution in [3.05, 3.63) is 23.8 Å². The monoisotopic (exact) mass is 261 g/mol. The first-order valence-electron chi connectivity index (χ1n) is 6.73. The SMILES string of the molecule is Cc1cnn(C2CCN(c3nc(C(C)C)no3)C2)c1. The van der Waals surface area contributed by atoms with E-state index in [0.29, 0.717) is 18.0 Å². The summed E-state index contributed by atoms with van der Waals surface area (Å²) in [5, 5.41) is 8.39. The molecule has 1 unspecified atom stereocenters. The minimum atomic E-state index is 0.296. The third-order valence-corrected chi connectivity index (χ3v) is 3.49. The van der Waals surface area contributed by atoms with E-state index in [-0.39, 0.29) is 0 Å². The molecular weight excluding hydrogens is 242 g/mol. The van der Waals surface area contributed by atoms with Gasteiger partial charge in [0, 0.05) is 25.2 Å². The molecular formula is C13H19N5O. The molecule has 0 radical (unpaired) electrons. The first-order valence-corrected chi connectivity index (χ1v) is 6.73. The van der Waals surface area contributed by atoms with Gasteiger partial charge in [0.15, 0.2) is 5.82 Å². The average molecular weight is 261 g/mol. The second-order valence-corrected chi connectivity index (χ2v) is 5.48. The molecule has 0 amide bonds. The maximum Gasteiger partial charge on any atom is 0.324 e. The van der Waals surface area contributed by atoms with Gasteiger partial charge in [-0.2, -0.15) is 10.1 Å². The van der Waals surface area contributed by atoms with Gasteiger partial charge in [0.1, 0.15) is 0 Å². The number of aromatic nitrogens is 4. The fraction of sp³-hybridized carbons (Fsp3) is 0.615. The second kappa shape index (κ2) is 4.68. The van der Waals surface area contributed by atoms with Crippen molar-refractivity contribution in [2.24, 2.45) is 0 Å². The first kappa shape index (κ1) is 12.2.